The number of hydrogen-bond acceptors (Lipinski definition) is 5. The lowest BCUT2D eigenvalue weighted by Gasteiger charge is -2.30. The van der Waals surface area contributed by atoms with Crippen LogP contribution in [0.4, 0.5) is 0 Å². The number of hydrogen-bond donors (Lipinski definition) is 3. The Labute approximate surface area is 171 Å². The van der Waals surface area contributed by atoms with Gasteiger partial charge in [0.05, 0.1) is 12.7 Å². The van der Waals surface area contributed by atoms with Gasteiger partial charge in [-0.15, -0.1) is 0 Å². The quantitative estimate of drug-likeness (QED) is 0.282. The van der Waals surface area contributed by atoms with Crippen LogP contribution in [0, 0.1) is 10.8 Å². The summed E-state index contributed by atoms with van der Waals surface area (Å²) in [5, 5.41) is 13.0. The molecule has 0 aliphatic carbocycles. The second kappa shape index (κ2) is 12.3. The van der Waals surface area contributed by atoms with E-state index in [9.17, 15) is 19.4 Å². The van der Waals surface area contributed by atoms with Crippen LogP contribution in [-0.4, -0.2) is 41.3 Å². The molecule has 0 bridgehead atoms. The Bertz CT molecular complexity index is 501. The third-order valence-electron chi connectivity index (χ3n) is 4.34. The van der Waals surface area contributed by atoms with Gasteiger partial charge in [0.25, 0.3) is 0 Å². The number of nitrogens with one attached hydrogen (secondary N) is 1. The first-order chi connectivity index (χ1) is 12.7. The van der Waals surface area contributed by atoms with E-state index in [2.05, 4.69) is 26.1 Å². The van der Waals surface area contributed by atoms with Crippen molar-refractivity contribution >= 4 is 13.7 Å². The summed E-state index contributed by atoms with van der Waals surface area (Å²) in [5.41, 5.74) is -0.652. The maximum atomic E-state index is 12.2. The molecule has 0 saturated carbocycles. The Kier molecular flexibility index (Phi) is 12.1. The molecule has 0 aromatic carbocycles. The maximum Gasteiger partial charge on any atom is 0.472 e. The molecule has 2 atom stereocenters. The van der Waals surface area contributed by atoms with Crippen molar-refractivity contribution in [3.63, 3.8) is 0 Å². The van der Waals surface area contributed by atoms with Crippen LogP contribution >= 0.6 is 7.82 Å². The van der Waals surface area contributed by atoms with E-state index in [0.717, 1.165) is 19.3 Å². The van der Waals surface area contributed by atoms with Crippen LogP contribution in [-0.2, 0) is 18.4 Å². The van der Waals surface area contributed by atoms with Gasteiger partial charge in [0.2, 0.25) is 5.91 Å². The number of carbonyl (C=O) groups excluding carboxylic acids is 1. The van der Waals surface area contributed by atoms with Crippen molar-refractivity contribution in [3.05, 3.63) is 0 Å². The summed E-state index contributed by atoms with van der Waals surface area (Å²) < 4.78 is 21.5. The molecule has 28 heavy (non-hydrogen) atoms. The zero-order chi connectivity index (χ0) is 22.0. The van der Waals surface area contributed by atoms with Gasteiger partial charge in [-0.2, -0.15) is 0 Å². The van der Waals surface area contributed by atoms with Crippen LogP contribution < -0.4 is 5.32 Å². The molecule has 0 heterocycles. The zero-order valence-corrected chi connectivity index (χ0v) is 19.7. The van der Waals surface area contributed by atoms with Crippen molar-refractivity contribution in [2.24, 2.45) is 10.8 Å². The molecular formula is C20H42NO6P. The fourth-order valence-electron chi connectivity index (χ4n) is 2.60. The highest BCUT2D eigenvalue weighted by molar-refractivity contribution is 7.47. The van der Waals surface area contributed by atoms with E-state index in [1.165, 1.54) is 19.3 Å². The molecule has 1 amide bonds. The molecule has 7 nitrogen and oxygen atoms in total. The summed E-state index contributed by atoms with van der Waals surface area (Å²) in [6.07, 6.45) is 4.84. The molecule has 0 rings (SSSR count). The topological polar surface area (TPSA) is 105 Å². The molecule has 0 radical (unpaired) electrons. The largest absolute Gasteiger partial charge is 0.472 e. The highest BCUT2D eigenvalue weighted by Gasteiger charge is 2.36. The van der Waals surface area contributed by atoms with Gasteiger partial charge in [-0.25, -0.2) is 4.57 Å². The lowest BCUT2D eigenvalue weighted by atomic mass is 9.87. The number of amides is 1. The van der Waals surface area contributed by atoms with E-state index in [-0.39, 0.29) is 6.61 Å². The Morgan fingerprint density at radius 1 is 1.04 bits per heavy atom. The Balaban J connectivity index is 4.10. The van der Waals surface area contributed by atoms with Gasteiger partial charge in [0, 0.05) is 12.0 Å². The second-order valence-corrected chi connectivity index (χ2v) is 11.1. The predicted molar refractivity (Wildman–Crippen MR) is 112 cm³/mol. The first-order valence-corrected chi connectivity index (χ1v) is 11.8. The lowest BCUT2D eigenvalue weighted by molar-refractivity contribution is -0.137. The molecule has 0 aliphatic heterocycles. The second-order valence-electron chi connectivity index (χ2n) is 9.66. The standard InChI is InChI=1S/C20H42NO6P/c1-16(2)27-28(24,25)26-15-20(6,7)17(22)18(23)21-14-12-10-8-9-11-13-19(3,4)5/h16-17,22H,8-15H2,1-7H3,(H,21,23)(H,24,25). The molecular weight excluding hydrogens is 381 g/mol. The average Bonchev–Trinajstić information content (AvgIpc) is 2.52. The molecule has 0 fully saturated rings. The molecule has 8 heteroatoms. The zero-order valence-electron chi connectivity index (χ0n) is 18.8. The van der Waals surface area contributed by atoms with E-state index < -0.39 is 31.4 Å². The number of phosphoric ester groups is 1. The Morgan fingerprint density at radius 3 is 2.11 bits per heavy atom. The molecule has 0 spiro atoms. The molecule has 0 saturated heterocycles. The lowest BCUT2D eigenvalue weighted by Crippen LogP contribution is -2.46. The van der Waals surface area contributed by atoms with Crippen molar-refractivity contribution in [1.29, 1.82) is 0 Å². The minimum absolute atomic E-state index is 0.282. The van der Waals surface area contributed by atoms with E-state index in [0.29, 0.717) is 12.0 Å². The number of carbonyl (C=O) groups is 1. The number of aliphatic hydroxyl groups excluding tert-OH is 1. The summed E-state index contributed by atoms with van der Waals surface area (Å²) >= 11 is 0. The van der Waals surface area contributed by atoms with E-state index >= 15 is 0 Å². The smallest absolute Gasteiger partial charge is 0.383 e. The highest BCUT2D eigenvalue weighted by atomic mass is 31.2. The van der Waals surface area contributed by atoms with Gasteiger partial charge in [-0.05, 0) is 32.1 Å². The van der Waals surface area contributed by atoms with Crippen molar-refractivity contribution in [2.75, 3.05) is 13.2 Å². The minimum atomic E-state index is -4.21. The summed E-state index contributed by atoms with van der Waals surface area (Å²) in [6.45, 7) is 13.4. The van der Waals surface area contributed by atoms with Crippen LogP contribution in [0.2, 0.25) is 0 Å². The van der Waals surface area contributed by atoms with E-state index in [4.69, 9.17) is 9.05 Å². The molecule has 0 aromatic rings. The average molecular weight is 424 g/mol. The maximum absolute atomic E-state index is 12.2. The fourth-order valence-corrected chi connectivity index (χ4v) is 3.69. The summed E-state index contributed by atoms with van der Waals surface area (Å²) in [7, 11) is -4.21. The first-order valence-electron chi connectivity index (χ1n) is 10.3. The number of aliphatic hydroxyl groups is 1. The fraction of sp³-hybridized carbons (Fsp3) is 0.950. The van der Waals surface area contributed by atoms with Gasteiger partial charge < -0.3 is 15.3 Å². The van der Waals surface area contributed by atoms with Gasteiger partial charge in [0.1, 0.15) is 6.10 Å². The van der Waals surface area contributed by atoms with E-state index in [1.807, 2.05) is 0 Å². The number of phosphoric acid groups is 1. The highest BCUT2D eigenvalue weighted by Crippen LogP contribution is 2.46. The predicted octanol–water partition coefficient (Wildman–Crippen LogP) is 4.42. The normalized spacial score (nSPS) is 16.1. The third kappa shape index (κ3) is 13.7. The molecule has 168 valence electrons. The van der Waals surface area contributed by atoms with Gasteiger partial charge >= 0.3 is 7.82 Å². The van der Waals surface area contributed by atoms with Gasteiger partial charge in [-0.1, -0.05) is 60.3 Å². The van der Waals surface area contributed by atoms with Gasteiger partial charge in [-0.3, -0.25) is 13.8 Å². The number of unbranched alkanes of at least 4 members (excludes halogenated alkanes) is 4. The SMILES string of the molecule is CC(C)OP(=O)(O)OCC(C)(C)C(O)C(=O)NCCCCCCCC(C)(C)C. The van der Waals surface area contributed by atoms with Crippen LogP contribution in [0.25, 0.3) is 0 Å². The summed E-state index contributed by atoms with van der Waals surface area (Å²) in [6, 6.07) is 0. The molecule has 0 aromatic heterocycles. The monoisotopic (exact) mass is 423 g/mol. The van der Waals surface area contributed by atoms with E-state index in [1.54, 1.807) is 27.7 Å². The molecule has 3 N–H and O–H groups in total. The van der Waals surface area contributed by atoms with Crippen LogP contribution in [0.5, 0.6) is 0 Å². The molecule has 2 unspecified atom stereocenters. The van der Waals surface area contributed by atoms with Crippen molar-refractivity contribution < 1.29 is 28.4 Å². The van der Waals surface area contributed by atoms with Crippen LogP contribution in [0.1, 0.15) is 87.0 Å². The van der Waals surface area contributed by atoms with Crippen molar-refractivity contribution in [3.8, 4) is 0 Å². The van der Waals surface area contributed by atoms with Crippen LogP contribution in [0.15, 0.2) is 0 Å². The molecule has 0 aliphatic rings. The Morgan fingerprint density at radius 2 is 1.57 bits per heavy atom. The minimum Gasteiger partial charge on any atom is -0.383 e. The first kappa shape index (κ1) is 27.5. The number of rotatable bonds is 14. The third-order valence-corrected chi connectivity index (χ3v) is 5.48. The van der Waals surface area contributed by atoms with Crippen molar-refractivity contribution in [1.82, 2.24) is 5.32 Å². The Hall–Kier alpha value is -0.460. The summed E-state index contributed by atoms with van der Waals surface area (Å²) in [4.78, 5) is 21.8. The summed E-state index contributed by atoms with van der Waals surface area (Å²) in [5.74, 6) is -0.501. The van der Waals surface area contributed by atoms with Crippen molar-refractivity contribution in [2.45, 2.75) is 99.2 Å². The van der Waals surface area contributed by atoms with Gasteiger partial charge in [0.15, 0.2) is 0 Å². The van der Waals surface area contributed by atoms with Crippen LogP contribution in [0.3, 0.4) is 0 Å².